The van der Waals surface area contributed by atoms with Gasteiger partial charge in [-0.25, -0.2) is 0 Å². The molecule has 2 nitrogen and oxygen atoms in total. The van der Waals surface area contributed by atoms with E-state index in [4.69, 9.17) is 0 Å². The molecule has 0 atom stereocenters. The Morgan fingerprint density at radius 2 is 1.22 bits per heavy atom. The summed E-state index contributed by atoms with van der Waals surface area (Å²) in [6.45, 7) is 2.65. The van der Waals surface area contributed by atoms with Crippen LogP contribution >= 0.6 is 0 Å². The third-order valence-corrected chi connectivity index (χ3v) is 2.08. The second-order valence-electron chi connectivity index (χ2n) is 4.46. The first-order chi connectivity index (χ1) is 3.91. The van der Waals surface area contributed by atoms with Gasteiger partial charge >= 0.3 is 7.55 Å². The first-order valence-electron chi connectivity index (χ1n) is 3.55. The van der Waals surface area contributed by atoms with Gasteiger partial charge in [0.2, 0.25) is 0 Å². The van der Waals surface area contributed by atoms with E-state index in [2.05, 4.69) is 28.2 Å². The standard InChI is InChI=1S/C6H17BN2/c1-8(2)5-6-9(3,4)7-8/h7H,5-6H2,1-4H3/q+2. The van der Waals surface area contributed by atoms with Crippen LogP contribution < -0.4 is 0 Å². The van der Waals surface area contributed by atoms with Gasteiger partial charge in [-0.05, 0) is 0 Å². The highest BCUT2D eigenvalue weighted by atomic mass is 15.4. The maximum Gasteiger partial charge on any atom is 0.657 e. The van der Waals surface area contributed by atoms with E-state index >= 15 is 0 Å². The third-order valence-electron chi connectivity index (χ3n) is 2.08. The minimum Gasteiger partial charge on any atom is -0.338 e. The molecule has 0 spiro atoms. The van der Waals surface area contributed by atoms with Crippen molar-refractivity contribution in [3.63, 3.8) is 0 Å². The zero-order valence-corrected chi connectivity index (χ0v) is 7.02. The van der Waals surface area contributed by atoms with Crippen molar-refractivity contribution in [2.45, 2.75) is 0 Å². The minimum atomic E-state index is 1.19. The molecule has 0 saturated carbocycles. The van der Waals surface area contributed by atoms with Gasteiger partial charge in [0.05, 0.1) is 28.2 Å². The predicted molar refractivity (Wildman–Crippen MR) is 41.1 cm³/mol. The van der Waals surface area contributed by atoms with Gasteiger partial charge in [0.1, 0.15) is 13.1 Å². The topological polar surface area (TPSA) is 0 Å². The lowest BCUT2D eigenvalue weighted by atomic mass is 10.0. The molecule has 1 rings (SSSR count). The van der Waals surface area contributed by atoms with Crippen LogP contribution in [0.5, 0.6) is 0 Å². The third kappa shape index (κ3) is 1.70. The van der Waals surface area contributed by atoms with Crippen LogP contribution in [-0.2, 0) is 0 Å². The predicted octanol–water partition coefficient (Wildman–Crippen LogP) is -0.581. The van der Waals surface area contributed by atoms with Crippen molar-refractivity contribution >= 4 is 7.55 Å². The summed E-state index contributed by atoms with van der Waals surface area (Å²) >= 11 is 0. The van der Waals surface area contributed by atoms with Crippen LogP contribution in [0, 0.1) is 0 Å². The molecule has 1 fully saturated rings. The van der Waals surface area contributed by atoms with Crippen LogP contribution in [0.25, 0.3) is 0 Å². The van der Waals surface area contributed by atoms with Crippen LogP contribution in [0.2, 0.25) is 0 Å². The lowest BCUT2D eigenvalue weighted by Crippen LogP contribution is -2.48. The monoisotopic (exact) mass is 128 g/mol. The second-order valence-corrected chi connectivity index (χ2v) is 4.46. The van der Waals surface area contributed by atoms with E-state index in [1.807, 2.05) is 0 Å². The summed E-state index contributed by atoms with van der Waals surface area (Å²) in [6.07, 6.45) is 0. The van der Waals surface area contributed by atoms with Crippen LogP contribution in [0.3, 0.4) is 0 Å². The van der Waals surface area contributed by atoms with Crippen molar-refractivity contribution in [3.05, 3.63) is 0 Å². The first-order valence-corrected chi connectivity index (χ1v) is 3.55. The summed E-state index contributed by atoms with van der Waals surface area (Å²) in [7, 11) is 10.5. The van der Waals surface area contributed by atoms with Gasteiger partial charge in [-0.1, -0.05) is 0 Å². The molecule has 3 heteroatoms. The molecule has 1 aliphatic heterocycles. The Morgan fingerprint density at radius 1 is 0.889 bits per heavy atom. The van der Waals surface area contributed by atoms with Gasteiger partial charge in [-0.15, -0.1) is 0 Å². The van der Waals surface area contributed by atoms with Crippen molar-refractivity contribution in [2.24, 2.45) is 0 Å². The van der Waals surface area contributed by atoms with E-state index in [0.29, 0.717) is 0 Å². The average molecular weight is 128 g/mol. The molecular formula is C6H17BN2+2. The molecule has 1 saturated heterocycles. The smallest absolute Gasteiger partial charge is 0.338 e. The number of hydrogen-bond acceptors (Lipinski definition) is 0. The van der Waals surface area contributed by atoms with Crippen molar-refractivity contribution < 1.29 is 8.79 Å². The summed E-state index contributed by atoms with van der Waals surface area (Å²) < 4.78 is 2.38. The molecule has 0 unspecified atom stereocenters. The molecule has 52 valence electrons. The highest BCUT2D eigenvalue weighted by Gasteiger charge is 2.42. The number of quaternary nitrogens is 2. The molecule has 0 radical (unpaired) electrons. The van der Waals surface area contributed by atoms with Gasteiger partial charge in [-0.3, -0.25) is 0 Å². The summed E-state index contributed by atoms with van der Waals surface area (Å²) in [5.74, 6) is 0. The van der Waals surface area contributed by atoms with Gasteiger partial charge in [-0.2, -0.15) is 0 Å². The summed E-state index contributed by atoms with van der Waals surface area (Å²) in [6, 6.07) is 0. The van der Waals surface area contributed by atoms with Crippen LogP contribution in [0.15, 0.2) is 0 Å². The van der Waals surface area contributed by atoms with Crippen LogP contribution in [0.1, 0.15) is 0 Å². The number of hydrogen-bond donors (Lipinski definition) is 0. The maximum atomic E-state index is 2.30. The summed E-state index contributed by atoms with van der Waals surface area (Å²) in [5.41, 5.74) is 0. The summed E-state index contributed by atoms with van der Waals surface area (Å²) in [5, 5.41) is 0. The largest absolute Gasteiger partial charge is 0.657 e. The van der Waals surface area contributed by atoms with E-state index in [1.54, 1.807) is 0 Å². The van der Waals surface area contributed by atoms with E-state index < -0.39 is 0 Å². The zero-order chi connectivity index (χ0) is 7.12. The fourth-order valence-corrected chi connectivity index (χ4v) is 1.72. The number of likely N-dealkylation sites (N-methyl/N-ethyl adjacent to an activating group) is 2. The van der Waals surface area contributed by atoms with Gasteiger partial charge in [0, 0.05) is 0 Å². The highest BCUT2D eigenvalue weighted by Crippen LogP contribution is 2.11. The molecule has 1 heterocycles. The van der Waals surface area contributed by atoms with Crippen LogP contribution in [-0.4, -0.2) is 57.6 Å². The number of nitrogens with zero attached hydrogens (tertiary/aromatic N) is 2. The highest BCUT2D eigenvalue weighted by molar-refractivity contribution is 6.16. The molecule has 0 aromatic heterocycles. The van der Waals surface area contributed by atoms with E-state index in [1.165, 1.54) is 29.4 Å². The van der Waals surface area contributed by atoms with E-state index in [-0.39, 0.29) is 0 Å². The Balaban J connectivity index is 2.58. The second kappa shape index (κ2) is 1.73. The Bertz CT molecular complexity index is 106. The molecule has 0 aliphatic carbocycles. The quantitative estimate of drug-likeness (QED) is 0.383. The van der Waals surface area contributed by atoms with Crippen molar-refractivity contribution in [3.8, 4) is 0 Å². The molecule has 0 amide bonds. The molecule has 1 aliphatic rings. The van der Waals surface area contributed by atoms with Crippen LogP contribution in [0.4, 0.5) is 0 Å². The normalized spacial score (nSPS) is 29.8. The van der Waals surface area contributed by atoms with Crippen molar-refractivity contribution in [2.75, 3.05) is 41.3 Å². The summed E-state index contributed by atoms with van der Waals surface area (Å²) in [4.78, 5) is 0. The number of rotatable bonds is 0. The SMILES string of the molecule is C[N+]1(C)B[N+](C)(C)CC1. The van der Waals surface area contributed by atoms with E-state index in [0.717, 1.165) is 0 Å². The molecule has 9 heavy (non-hydrogen) atoms. The molecular weight excluding hydrogens is 111 g/mol. The van der Waals surface area contributed by atoms with Crippen molar-refractivity contribution in [1.82, 2.24) is 0 Å². The van der Waals surface area contributed by atoms with Crippen molar-refractivity contribution in [1.29, 1.82) is 0 Å². The maximum absolute atomic E-state index is 2.30. The fraction of sp³-hybridized carbons (Fsp3) is 1.00. The lowest BCUT2D eigenvalue weighted by molar-refractivity contribution is -0.821. The Morgan fingerprint density at radius 3 is 1.33 bits per heavy atom. The van der Waals surface area contributed by atoms with Gasteiger partial charge in [0.25, 0.3) is 0 Å². The van der Waals surface area contributed by atoms with Gasteiger partial charge < -0.3 is 8.79 Å². The Hall–Kier alpha value is -0.0151. The molecule has 0 aromatic rings. The minimum absolute atomic E-state index is 1.19. The lowest BCUT2D eigenvalue weighted by Gasteiger charge is -2.21. The molecule has 0 aromatic carbocycles. The fourth-order valence-electron chi connectivity index (χ4n) is 1.72. The zero-order valence-electron chi connectivity index (χ0n) is 7.02. The molecule has 0 bridgehead atoms. The van der Waals surface area contributed by atoms with Gasteiger partial charge in [0.15, 0.2) is 0 Å². The average Bonchev–Trinajstić information content (AvgIpc) is 1.78. The Labute approximate surface area is 58.5 Å². The Kier molecular flexibility index (Phi) is 1.37. The first kappa shape index (κ1) is 7.10. The molecule has 0 N–H and O–H groups in total. The van der Waals surface area contributed by atoms with E-state index in [9.17, 15) is 0 Å².